The molecule has 10 heteroatoms. The molecule has 0 bridgehead atoms. The number of carbonyl (C=O) groups is 4. The monoisotopic (exact) mass is 497 g/mol. The number of hydrogen-bond donors (Lipinski definition) is 3. The maximum atomic E-state index is 12.5. The van der Waals surface area contributed by atoms with Crippen LogP contribution in [-0.4, -0.2) is 57.5 Å². The molecule has 0 fully saturated rings. The van der Waals surface area contributed by atoms with Gasteiger partial charge in [-0.1, -0.05) is 0 Å². The second kappa shape index (κ2) is 12.6. The standard InChI is InChI=1S/C26H35N5O5/c1-26(2,3)36-25(35)29-19-11-9-18(10-12-19)28-20-13-14-21(23(16-20)30(5)6)31(17-33)22(8-7-15-32)24(34)27-4/h9-17,22,28H,7-8H2,1-6H3,(H,27,34)(H,29,35). The summed E-state index contributed by atoms with van der Waals surface area (Å²) in [6.45, 7) is 5.39. The molecule has 0 aliphatic rings. The van der Waals surface area contributed by atoms with Crippen molar-refractivity contribution in [2.45, 2.75) is 45.3 Å². The number of aldehydes is 1. The van der Waals surface area contributed by atoms with E-state index in [2.05, 4.69) is 16.0 Å². The Labute approximate surface area is 212 Å². The Morgan fingerprint density at radius 3 is 2.11 bits per heavy atom. The molecule has 0 aliphatic heterocycles. The fraction of sp³-hybridized carbons (Fsp3) is 0.385. The van der Waals surface area contributed by atoms with Crippen molar-refractivity contribution in [1.29, 1.82) is 0 Å². The smallest absolute Gasteiger partial charge is 0.412 e. The van der Waals surface area contributed by atoms with E-state index in [0.29, 0.717) is 23.5 Å². The lowest BCUT2D eigenvalue weighted by Crippen LogP contribution is -2.46. The molecule has 2 aromatic carbocycles. The van der Waals surface area contributed by atoms with Gasteiger partial charge >= 0.3 is 6.09 Å². The third kappa shape index (κ3) is 8.00. The van der Waals surface area contributed by atoms with Gasteiger partial charge in [0.1, 0.15) is 17.9 Å². The second-order valence-electron chi connectivity index (χ2n) is 9.31. The average Bonchev–Trinajstić information content (AvgIpc) is 2.81. The lowest BCUT2D eigenvalue weighted by molar-refractivity contribution is -0.123. The SMILES string of the molecule is CNC(=O)C(CCC=O)N(C=O)c1ccc(Nc2ccc(NC(=O)OC(C)(C)C)cc2)cc1N(C)C. The van der Waals surface area contributed by atoms with Gasteiger partial charge in [-0.3, -0.25) is 14.9 Å². The quantitative estimate of drug-likeness (QED) is 0.403. The van der Waals surface area contributed by atoms with Crippen LogP contribution in [0.1, 0.15) is 33.6 Å². The Hall–Kier alpha value is -4.08. The normalized spacial score (nSPS) is 11.6. The fourth-order valence-electron chi connectivity index (χ4n) is 3.49. The molecule has 0 spiro atoms. The van der Waals surface area contributed by atoms with Crippen LogP contribution in [0, 0.1) is 0 Å². The van der Waals surface area contributed by atoms with E-state index in [9.17, 15) is 19.2 Å². The summed E-state index contributed by atoms with van der Waals surface area (Å²) in [5, 5.41) is 8.55. The van der Waals surface area contributed by atoms with Gasteiger partial charge in [0.2, 0.25) is 12.3 Å². The first-order valence-corrected chi connectivity index (χ1v) is 11.6. The Morgan fingerprint density at radius 1 is 0.972 bits per heavy atom. The maximum absolute atomic E-state index is 12.5. The van der Waals surface area contributed by atoms with E-state index in [1.54, 1.807) is 45.0 Å². The minimum atomic E-state index is -0.819. The average molecular weight is 498 g/mol. The summed E-state index contributed by atoms with van der Waals surface area (Å²) in [6.07, 6.45) is 1.16. The van der Waals surface area contributed by atoms with Gasteiger partial charge in [-0.25, -0.2) is 4.79 Å². The number of anilines is 5. The van der Waals surface area contributed by atoms with Crippen LogP contribution in [0.4, 0.5) is 33.2 Å². The Morgan fingerprint density at radius 2 is 1.58 bits per heavy atom. The van der Waals surface area contributed by atoms with E-state index in [-0.39, 0.29) is 18.7 Å². The highest BCUT2D eigenvalue weighted by molar-refractivity contribution is 5.95. The summed E-state index contributed by atoms with van der Waals surface area (Å²) in [7, 11) is 5.17. The topological polar surface area (TPSA) is 120 Å². The van der Waals surface area contributed by atoms with E-state index < -0.39 is 17.7 Å². The predicted molar refractivity (Wildman–Crippen MR) is 142 cm³/mol. The lowest BCUT2D eigenvalue weighted by Gasteiger charge is -2.30. The van der Waals surface area contributed by atoms with Crippen LogP contribution in [0.5, 0.6) is 0 Å². The van der Waals surface area contributed by atoms with E-state index in [1.807, 2.05) is 37.2 Å². The fourth-order valence-corrected chi connectivity index (χ4v) is 3.49. The number of benzene rings is 2. The lowest BCUT2D eigenvalue weighted by atomic mass is 10.1. The van der Waals surface area contributed by atoms with E-state index in [0.717, 1.165) is 17.7 Å². The Balaban J connectivity index is 2.25. The third-order valence-corrected chi connectivity index (χ3v) is 5.11. The highest BCUT2D eigenvalue weighted by Crippen LogP contribution is 2.34. The molecule has 0 aliphatic carbocycles. The van der Waals surface area contributed by atoms with Gasteiger partial charge in [-0.05, 0) is 69.7 Å². The van der Waals surface area contributed by atoms with Crippen LogP contribution >= 0.6 is 0 Å². The molecule has 0 radical (unpaired) electrons. The van der Waals surface area contributed by atoms with E-state index >= 15 is 0 Å². The summed E-state index contributed by atoms with van der Waals surface area (Å²) < 4.78 is 5.26. The largest absolute Gasteiger partial charge is 0.444 e. The van der Waals surface area contributed by atoms with Gasteiger partial charge in [0, 0.05) is 44.6 Å². The van der Waals surface area contributed by atoms with Crippen molar-refractivity contribution in [2.24, 2.45) is 0 Å². The number of amides is 3. The molecule has 2 rings (SSSR count). The van der Waals surface area contributed by atoms with E-state index in [4.69, 9.17) is 4.74 Å². The number of ether oxygens (including phenoxy) is 1. The van der Waals surface area contributed by atoms with Crippen molar-refractivity contribution in [2.75, 3.05) is 41.6 Å². The van der Waals surface area contributed by atoms with E-state index in [1.165, 1.54) is 11.9 Å². The third-order valence-electron chi connectivity index (χ3n) is 5.11. The first-order chi connectivity index (χ1) is 17.0. The van der Waals surface area contributed by atoms with Crippen LogP contribution in [0.3, 0.4) is 0 Å². The van der Waals surface area contributed by atoms with Crippen LogP contribution in [-0.2, 0) is 19.1 Å². The molecular weight excluding hydrogens is 462 g/mol. The second-order valence-corrected chi connectivity index (χ2v) is 9.31. The van der Waals surface area contributed by atoms with Gasteiger partial charge < -0.3 is 30.0 Å². The molecule has 0 saturated heterocycles. The zero-order valence-electron chi connectivity index (χ0n) is 21.6. The summed E-state index contributed by atoms with van der Waals surface area (Å²) in [5.74, 6) is -0.351. The Kier molecular flexibility index (Phi) is 9.83. The highest BCUT2D eigenvalue weighted by atomic mass is 16.6. The molecule has 1 unspecified atom stereocenters. The first kappa shape index (κ1) is 28.2. The summed E-state index contributed by atoms with van der Waals surface area (Å²) >= 11 is 0. The van der Waals surface area contributed by atoms with Crippen LogP contribution in [0.25, 0.3) is 0 Å². The number of nitrogens with zero attached hydrogens (tertiary/aromatic N) is 2. The maximum Gasteiger partial charge on any atom is 0.412 e. The first-order valence-electron chi connectivity index (χ1n) is 11.6. The number of likely N-dealkylation sites (N-methyl/N-ethyl adjacent to an activating group) is 1. The molecule has 36 heavy (non-hydrogen) atoms. The number of carbonyl (C=O) groups excluding carboxylic acids is 4. The summed E-state index contributed by atoms with van der Waals surface area (Å²) in [5.41, 5.74) is 2.79. The van der Waals surface area contributed by atoms with Crippen molar-refractivity contribution in [3.63, 3.8) is 0 Å². The van der Waals surface area contributed by atoms with Crippen molar-refractivity contribution < 1.29 is 23.9 Å². The molecule has 0 heterocycles. The van der Waals surface area contributed by atoms with Gasteiger partial charge in [0.05, 0.1) is 11.4 Å². The molecule has 3 amide bonds. The van der Waals surface area contributed by atoms with Crippen LogP contribution in [0.15, 0.2) is 42.5 Å². The van der Waals surface area contributed by atoms with Crippen LogP contribution < -0.4 is 25.8 Å². The molecule has 2 aromatic rings. The number of hydrogen-bond acceptors (Lipinski definition) is 7. The minimum Gasteiger partial charge on any atom is -0.444 e. The zero-order valence-corrected chi connectivity index (χ0v) is 21.6. The number of nitrogens with one attached hydrogen (secondary N) is 3. The zero-order chi connectivity index (χ0) is 26.9. The van der Waals surface area contributed by atoms with Crippen molar-refractivity contribution >= 4 is 53.1 Å². The molecule has 0 saturated carbocycles. The molecule has 0 aromatic heterocycles. The van der Waals surface area contributed by atoms with Crippen molar-refractivity contribution in [3.8, 4) is 0 Å². The van der Waals surface area contributed by atoms with Crippen molar-refractivity contribution in [1.82, 2.24) is 5.32 Å². The van der Waals surface area contributed by atoms with Gasteiger partial charge in [0.15, 0.2) is 0 Å². The molecule has 10 nitrogen and oxygen atoms in total. The van der Waals surface area contributed by atoms with Crippen LogP contribution in [0.2, 0.25) is 0 Å². The molecular formula is C26H35N5O5. The Bertz CT molecular complexity index is 1060. The summed E-state index contributed by atoms with van der Waals surface area (Å²) in [6, 6.07) is 11.7. The van der Waals surface area contributed by atoms with Gasteiger partial charge in [-0.2, -0.15) is 0 Å². The molecule has 1 atom stereocenters. The summed E-state index contributed by atoms with van der Waals surface area (Å²) in [4.78, 5) is 50.6. The van der Waals surface area contributed by atoms with Gasteiger partial charge in [-0.15, -0.1) is 0 Å². The minimum absolute atomic E-state index is 0.151. The van der Waals surface area contributed by atoms with Gasteiger partial charge in [0.25, 0.3) is 0 Å². The molecule has 194 valence electrons. The highest BCUT2D eigenvalue weighted by Gasteiger charge is 2.27. The molecule has 3 N–H and O–H groups in total. The predicted octanol–water partition coefficient (Wildman–Crippen LogP) is 3.90. The number of rotatable bonds is 11. The van der Waals surface area contributed by atoms with Crippen molar-refractivity contribution in [3.05, 3.63) is 42.5 Å².